The lowest BCUT2D eigenvalue weighted by Gasteiger charge is -2.10. The van der Waals surface area contributed by atoms with Crippen molar-refractivity contribution in [3.63, 3.8) is 0 Å². The minimum atomic E-state index is -4.23. The first kappa shape index (κ1) is 13.4. The minimum absolute atomic E-state index is 0.250. The van der Waals surface area contributed by atoms with Crippen molar-refractivity contribution in [2.45, 2.75) is 20.0 Å². The zero-order valence-corrected chi connectivity index (χ0v) is 8.18. The Kier molecular flexibility index (Phi) is 4.74. The van der Waals surface area contributed by atoms with E-state index in [1.807, 2.05) is 0 Å². The van der Waals surface area contributed by atoms with E-state index in [9.17, 15) is 13.2 Å². The van der Waals surface area contributed by atoms with Gasteiger partial charge in [0.05, 0.1) is 5.56 Å². The average molecular weight is 218 g/mol. The predicted molar refractivity (Wildman–Crippen MR) is 45.9 cm³/mol. The van der Waals surface area contributed by atoms with E-state index in [1.54, 1.807) is 13.0 Å². The van der Waals surface area contributed by atoms with Gasteiger partial charge >= 0.3 is 12.3 Å². The predicted octanol–water partition coefficient (Wildman–Crippen LogP) is 2.74. The second-order valence-electron chi connectivity index (χ2n) is 2.90. The van der Waals surface area contributed by atoms with Crippen LogP contribution in [0.25, 0.3) is 0 Å². The molecule has 1 aromatic rings. The van der Waals surface area contributed by atoms with Crippen LogP contribution < -0.4 is 0 Å². The van der Waals surface area contributed by atoms with Crippen molar-refractivity contribution < 1.29 is 22.8 Å². The minimum Gasteiger partial charge on any atom is -0.186 e. The van der Waals surface area contributed by atoms with E-state index in [1.165, 1.54) is 13.0 Å². The maximum Gasteiger partial charge on any atom is 0.416 e. The molecule has 0 N–H and O–H groups in total. The Hall–Kier alpha value is -1.61. The van der Waals surface area contributed by atoms with Crippen molar-refractivity contribution in [2.75, 3.05) is 0 Å². The average Bonchev–Trinajstić information content (AvgIpc) is 2.09. The monoisotopic (exact) mass is 218 g/mol. The summed E-state index contributed by atoms with van der Waals surface area (Å²) in [6, 6.07) is 4.32. The highest BCUT2D eigenvalue weighted by Crippen LogP contribution is 2.31. The Bertz CT molecular complexity index is 363. The fraction of sp³-hybridized carbons (Fsp3) is 0.300. The molecule has 0 aliphatic carbocycles. The number of carbonyl (C=O) groups excluding carboxylic acids is 2. The number of benzene rings is 1. The molecule has 0 radical (unpaired) electrons. The van der Waals surface area contributed by atoms with E-state index in [-0.39, 0.29) is 11.7 Å². The van der Waals surface area contributed by atoms with E-state index in [0.29, 0.717) is 5.56 Å². The summed E-state index contributed by atoms with van der Waals surface area (Å²) in [5.41, 5.74) is 0.364. The number of alkyl halides is 3. The number of rotatable bonds is 0. The standard InChI is InChI=1S/C9H9F3.CO2/c1-6-3-4-7(2)8(5-6)9(10,11)12;2-1-3/h3-5H,1-2H3;. The fourth-order valence-corrected chi connectivity index (χ4v) is 1.04. The van der Waals surface area contributed by atoms with Gasteiger partial charge < -0.3 is 0 Å². The van der Waals surface area contributed by atoms with Crippen molar-refractivity contribution in [3.05, 3.63) is 34.9 Å². The Labute approximate surface area is 84.7 Å². The third-order valence-corrected chi connectivity index (χ3v) is 1.70. The molecule has 0 bridgehead atoms. The molecule has 0 heterocycles. The lowest BCUT2D eigenvalue weighted by Crippen LogP contribution is -2.07. The van der Waals surface area contributed by atoms with E-state index in [0.717, 1.165) is 6.07 Å². The summed E-state index contributed by atoms with van der Waals surface area (Å²) < 4.78 is 36.7. The molecule has 0 aromatic heterocycles. The van der Waals surface area contributed by atoms with Gasteiger partial charge in [-0.2, -0.15) is 22.8 Å². The molecular formula is C10H9F3O2. The van der Waals surface area contributed by atoms with Crippen LogP contribution >= 0.6 is 0 Å². The van der Waals surface area contributed by atoms with Crippen LogP contribution in [-0.4, -0.2) is 6.15 Å². The summed E-state index contributed by atoms with van der Waals surface area (Å²) in [6.07, 6.45) is -3.98. The van der Waals surface area contributed by atoms with Crippen LogP contribution in [0.2, 0.25) is 0 Å². The first-order chi connectivity index (χ1) is 6.82. The van der Waals surface area contributed by atoms with Gasteiger partial charge in [-0.3, -0.25) is 0 Å². The van der Waals surface area contributed by atoms with Crippen LogP contribution in [0.3, 0.4) is 0 Å². The van der Waals surface area contributed by atoms with E-state index in [2.05, 4.69) is 0 Å². The van der Waals surface area contributed by atoms with Gasteiger partial charge in [-0.25, -0.2) is 0 Å². The Morgan fingerprint density at radius 2 is 1.60 bits per heavy atom. The molecule has 0 fully saturated rings. The van der Waals surface area contributed by atoms with Crippen LogP contribution in [0, 0.1) is 13.8 Å². The van der Waals surface area contributed by atoms with Crippen LogP contribution in [0.1, 0.15) is 16.7 Å². The molecule has 2 nitrogen and oxygen atoms in total. The summed E-state index contributed by atoms with van der Waals surface area (Å²) in [7, 11) is 0. The third-order valence-electron chi connectivity index (χ3n) is 1.70. The van der Waals surface area contributed by atoms with Gasteiger partial charge in [-0.05, 0) is 25.5 Å². The van der Waals surface area contributed by atoms with Gasteiger partial charge in [0, 0.05) is 0 Å². The summed E-state index contributed by atoms with van der Waals surface area (Å²) in [5, 5.41) is 0. The number of halogens is 3. The van der Waals surface area contributed by atoms with Crippen LogP contribution in [0.4, 0.5) is 13.2 Å². The van der Waals surface area contributed by atoms with Crippen molar-refractivity contribution in [2.24, 2.45) is 0 Å². The van der Waals surface area contributed by atoms with Crippen molar-refractivity contribution in [3.8, 4) is 0 Å². The largest absolute Gasteiger partial charge is 0.416 e. The van der Waals surface area contributed by atoms with E-state index < -0.39 is 11.7 Å². The molecule has 1 rings (SSSR count). The molecule has 0 atom stereocenters. The molecule has 0 unspecified atom stereocenters. The maximum absolute atomic E-state index is 12.2. The van der Waals surface area contributed by atoms with E-state index in [4.69, 9.17) is 9.59 Å². The molecule has 15 heavy (non-hydrogen) atoms. The van der Waals surface area contributed by atoms with Crippen LogP contribution in [0.5, 0.6) is 0 Å². The summed E-state index contributed by atoms with van der Waals surface area (Å²) in [6.45, 7) is 3.11. The number of aryl methyl sites for hydroxylation is 2. The molecular weight excluding hydrogens is 209 g/mol. The zero-order chi connectivity index (χ0) is 12.1. The molecule has 0 spiro atoms. The molecule has 0 amide bonds. The smallest absolute Gasteiger partial charge is 0.186 e. The molecule has 0 saturated carbocycles. The Morgan fingerprint density at radius 1 is 1.13 bits per heavy atom. The highest BCUT2D eigenvalue weighted by atomic mass is 19.4. The van der Waals surface area contributed by atoms with Gasteiger partial charge in [0.2, 0.25) is 0 Å². The first-order valence-electron chi connectivity index (χ1n) is 3.96. The summed E-state index contributed by atoms with van der Waals surface area (Å²) in [4.78, 5) is 16.2. The molecule has 0 aliphatic heterocycles. The lowest BCUT2D eigenvalue weighted by molar-refractivity contribution is -0.191. The Balaban J connectivity index is 0.000000583. The highest BCUT2D eigenvalue weighted by Gasteiger charge is 2.31. The van der Waals surface area contributed by atoms with Gasteiger partial charge in [-0.1, -0.05) is 17.7 Å². The van der Waals surface area contributed by atoms with Crippen LogP contribution in [-0.2, 0) is 15.8 Å². The van der Waals surface area contributed by atoms with Crippen molar-refractivity contribution in [1.29, 1.82) is 0 Å². The van der Waals surface area contributed by atoms with Crippen LogP contribution in [0.15, 0.2) is 18.2 Å². The fourth-order valence-electron chi connectivity index (χ4n) is 1.04. The SMILES string of the molecule is Cc1ccc(C)c(C(F)(F)F)c1.O=C=O. The molecule has 0 aliphatic rings. The summed E-state index contributed by atoms with van der Waals surface area (Å²) >= 11 is 0. The number of hydrogen-bond acceptors (Lipinski definition) is 2. The summed E-state index contributed by atoms with van der Waals surface area (Å²) in [5.74, 6) is 0. The first-order valence-corrected chi connectivity index (χ1v) is 3.96. The second kappa shape index (κ2) is 5.32. The van der Waals surface area contributed by atoms with E-state index >= 15 is 0 Å². The van der Waals surface area contributed by atoms with Gasteiger partial charge in [0.1, 0.15) is 0 Å². The maximum atomic E-state index is 12.2. The van der Waals surface area contributed by atoms with Gasteiger partial charge in [0.25, 0.3) is 0 Å². The topological polar surface area (TPSA) is 34.1 Å². The number of hydrogen-bond donors (Lipinski definition) is 0. The molecule has 1 aromatic carbocycles. The molecule has 82 valence electrons. The third kappa shape index (κ3) is 4.42. The molecule has 0 saturated heterocycles. The normalized spacial score (nSPS) is 9.93. The Morgan fingerprint density at radius 3 is 1.93 bits per heavy atom. The van der Waals surface area contributed by atoms with Gasteiger partial charge in [0.15, 0.2) is 0 Å². The highest BCUT2D eigenvalue weighted by molar-refractivity contribution is 5.32. The quantitative estimate of drug-likeness (QED) is 0.670. The second-order valence-corrected chi connectivity index (χ2v) is 2.90. The van der Waals surface area contributed by atoms with Crippen molar-refractivity contribution in [1.82, 2.24) is 0 Å². The van der Waals surface area contributed by atoms with Crippen molar-refractivity contribution >= 4 is 6.15 Å². The van der Waals surface area contributed by atoms with Gasteiger partial charge in [-0.15, -0.1) is 0 Å². The molecule has 5 heteroatoms. The zero-order valence-electron chi connectivity index (χ0n) is 8.18. The lowest BCUT2D eigenvalue weighted by atomic mass is 10.1.